The van der Waals surface area contributed by atoms with E-state index in [9.17, 15) is 34.5 Å². The molecule has 4 amide bonds. The molecule has 1 aromatic carbocycles. The number of amides is 4. The lowest BCUT2D eigenvalue weighted by Gasteiger charge is -2.44. The number of carbonyl (C=O) groups excluding carboxylic acids is 4. The van der Waals surface area contributed by atoms with E-state index in [0.717, 1.165) is 44.9 Å². The van der Waals surface area contributed by atoms with Crippen molar-refractivity contribution in [3.8, 4) is 5.75 Å². The molecular weight excluding hydrogens is 588 g/mol. The summed E-state index contributed by atoms with van der Waals surface area (Å²) >= 11 is 1.28. The average molecular weight is 636 g/mol. The number of nitrogens with one attached hydrogen (secondary N) is 3. The molecule has 0 spiro atoms. The van der Waals surface area contributed by atoms with Crippen molar-refractivity contribution in [2.45, 2.75) is 94.5 Å². The SMILES string of the molecule is COc1ccc(CC(NC(=O)C(C)NC(=O)[O-])C(=O)NC(CSC)(C(N)=O)C(CC2CCCCC2)C(O)C(O)C2CC2)cc1. The van der Waals surface area contributed by atoms with E-state index in [1.165, 1.54) is 25.8 Å². The highest BCUT2D eigenvalue weighted by molar-refractivity contribution is 7.98. The Hall–Kier alpha value is -3.03. The quantitative estimate of drug-likeness (QED) is 0.141. The molecule has 1 aromatic rings. The van der Waals surface area contributed by atoms with Crippen LogP contribution in [0.4, 0.5) is 4.79 Å². The third-order valence-electron chi connectivity index (χ3n) is 8.93. The van der Waals surface area contributed by atoms with Crippen LogP contribution in [0.2, 0.25) is 0 Å². The van der Waals surface area contributed by atoms with E-state index in [2.05, 4.69) is 10.6 Å². The number of carbonyl (C=O) groups is 4. The summed E-state index contributed by atoms with van der Waals surface area (Å²) in [6.45, 7) is 1.31. The second-order valence-corrected chi connectivity index (χ2v) is 13.1. The summed E-state index contributed by atoms with van der Waals surface area (Å²) in [6, 6.07) is 4.36. The van der Waals surface area contributed by atoms with Crippen LogP contribution in [0.5, 0.6) is 5.75 Å². The van der Waals surface area contributed by atoms with Gasteiger partial charge >= 0.3 is 0 Å². The predicted octanol–water partition coefficient (Wildman–Crippen LogP) is 0.466. The van der Waals surface area contributed by atoms with Gasteiger partial charge in [-0.1, -0.05) is 44.2 Å². The van der Waals surface area contributed by atoms with E-state index in [1.54, 1.807) is 30.5 Å². The van der Waals surface area contributed by atoms with Gasteiger partial charge in [0.05, 0.1) is 19.3 Å². The van der Waals surface area contributed by atoms with Gasteiger partial charge in [-0.3, -0.25) is 14.4 Å². The Balaban J connectivity index is 1.98. The second kappa shape index (κ2) is 16.3. The number of methoxy groups -OCH3 is 1. The number of aliphatic hydroxyl groups is 2. The maximum atomic E-state index is 14.1. The largest absolute Gasteiger partial charge is 0.530 e. The molecule has 7 N–H and O–H groups in total. The number of nitrogens with two attached hydrogens (primary N) is 1. The van der Waals surface area contributed by atoms with E-state index in [-0.39, 0.29) is 24.0 Å². The molecule has 0 heterocycles. The van der Waals surface area contributed by atoms with Gasteiger partial charge in [0.1, 0.15) is 29.5 Å². The molecule has 246 valence electrons. The molecule has 0 aliphatic heterocycles. The summed E-state index contributed by atoms with van der Waals surface area (Å²) in [5.41, 5.74) is 5.00. The second-order valence-electron chi connectivity index (χ2n) is 12.2. The van der Waals surface area contributed by atoms with Crippen LogP contribution in [0.1, 0.15) is 63.9 Å². The molecule has 2 aliphatic carbocycles. The van der Waals surface area contributed by atoms with Crippen LogP contribution in [-0.2, 0) is 20.8 Å². The fourth-order valence-corrected chi connectivity index (χ4v) is 7.08. The first-order valence-electron chi connectivity index (χ1n) is 15.3. The number of hydrogen-bond donors (Lipinski definition) is 6. The molecule has 0 aromatic heterocycles. The molecule has 2 saturated carbocycles. The smallest absolute Gasteiger partial charge is 0.244 e. The number of rotatable bonds is 17. The monoisotopic (exact) mass is 635 g/mol. The minimum atomic E-state index is -1.75. The van der Waals surface area contributed by atoms with Crippen LogP contribution in [0.15, 0.2) is 24.3 Å². The van der Waals surface area contributed by atoms with Crippen LogP contribution in [-0.4, -0.2) is 83.0 Å². The number of aliphatic hydroxyl groups excluding tert-OH is 2. The van der Waals surface area contributed by atoms with Gasteiger partial charge < -0.3 is 46.5 Å². The van der Waals surface area contributed by atoms with Crippen molar-refractivity contribution in [2.75, 3.05) is 19.1 Å². The first-order chi connectivity index (χ1) is 20.9. The van der Waals surface area contributed by atoms with Crippen molar-refractivity contribution in [1.29, 1.82) is 0 Å². The number of ether oxygens (including phenoxy) is 1. The Bertz CT molecular complexity index is 1130. The Labute approximate surface area is 263 Å². The van der Waals surface area contributed by atoms with Crippen LogP contribution in [0.3, 0.4) is 0 Å². The van der Waals surface area contributed by atoms with Crippen molar-refractivity contribution in [3.05, 3.63) is 29.8 Å². The van der Waals surface area contributed by atoms with Gasteiger partial charge in [0.15, 0.2) is 0 Å². The number of hydrogen-bond acceptors (Lipinski definition) is 9. The molecule has 6 atom stereocenters. The van der Waals surface area contributed by atoms with Crippen LogP contribution in [0, 0.1) is 17.8 Å². The van der Waals surface area contributed by atoms with Gasteiger partial charge in [-0.15, -0.1) is 0 Å². The molecule has 13 heteroatoms. The maximum Gasteiger partial charge on any atom is 0.244 e. The van der Waals surface area contributed by atoms with Gasteiger partial charge in [-0.25, -0.2) is 0 Å². The minimum Gasteiger partial charge on any atom is -0.530 e. The van der Waals surface area contributed by atoms with E-state index < -0.39 is 59.6 Å². The fraction of sp³-hybridized carbons (Fsp3) is 0.677. The summed E-state index contributed by atoms with van der Waals surface area (Å²) in [5, 5.41) is 41.1. The van der Waals surface area contributed by atoms with Crippen molar-refractivity contribution in [2.24, 2.45) is 23.5 Å². The van der Waals surface area contributed by atoms with Crippen LogP contribution in [0.25, 0.3) is 0 Å². The van der Waals surface area contributed by atoms with Crippen LogP contribution >= 0.6 is 11.8 Å². The lowest BCUT2D eigenvalue weighted by molar-refractivity contribution is -0.251. The van der Waals surface area contributed by atoms with Gasteiger partial charge in [-0.2, -0.15) is 11.8 Å². The summed E-state index contributed by atoms with van der Waals surface area (Å²) in [5.74, 6) is -2.52. The molecule has 12 nitrogen and oxygen atoms in total. The maximum absolute atomic E-state index is 14.1. The molecule has 2 aliphatic rings. The van der Waals surface area contributed by atoms with Crippen molar-refractivity contribution < 1.29 is 39.2 Å². The van der Waals surface area contributed by atoms with Crippen LogP contribution < -0.4 is 31.5 Å². The van der Waals surface area contributed by atoms with E-state index >= 15 is 0 Å². The predicted molar refractivity (Wildman–Crippen MR) is 164 cm³/mol. The molecule has 0 radical (unpaired) electrons. The van der Waals surface area contributed by atoms with E-state index in [1.807, 2.05) is 5.32 Å². The number of thioether (sulfide) groups is 1. The molecular formula is C31H47N4O8S-. The first kappa shape index (κ1) is 35.4. The van der Waals surface area contributed by atoms with Gasteiger partial charge in [0.25, 0.3) is 0 Å². The summed E-state index contributed by atoms with van der Waals surface area (Å²) in [6.07, 6.45) is 4.59. The zero-order valence-corrected chi connectivity index (χ0v) is 26.6. The zero-order chi connectivity index (χ0) is 32.4. The highest BCUT2D eigenvalue weighted by atomic mass is 32.2. The van der Waals surface area contributed by atoms with Crippen molar-refractivity contribution >= 4 is 35.6 Å². The minimum absolute atomic E-state index is 0.00569. The van der Waals surface area contributed by atoms with Crippen molar-refractivity contribution in [1.82, 2.24) is 16.0 Å². The number of carboxylic acid groups (broad SMARTS) is 1. The lowest BCUT2D eigenvalue weighted by atomic mass is 9.70. The summed E-state index contributed by atoms with van der Waals surface area (Å²) < 4.78 is 5.21. The Morgan fingerprint density at radius 3 is 2.20 bits per heavy atom. The number of primary amides is 1. The zero-order valence-electron chi connectivity index (χ0n) is 25.8. The van der Waals surface area contributed by atoms with E-state index in [4.69, 9.17) is 10.5 Å². The molecule has 6 unspecified atom stereocenters. The average Bonchev–Trinajstić information content (AvgIpc) is 3.84. The van der Waals surface area contributed by atoms with Crippen molar-refractivity contribution in [3.63, 3.8) is 0 Å². The molecule has 2 fully saturated rings. The summed E-state index contributed by atoms with van der Waals surface area (Å²) in [7, 11) is 1.52. The lowest BCUT2D eigenvalue weighted by Crippen LogP contribution is -2.69. The normalized spacial score (nSPS) is 20.2. The Kier molecular flexibility index (Phi) is 13.2. The van der Waals surface area contributed by atoms with E-state index in [0.29, 0.717) is 17.7 Å². The topological polar surface area (TPSA) is 203 Å². The summed E-state index contributed by atoms with van der Waals surface area (Å²) in [4.78, 5) is 51.6. The molecule has 0 bridgehead atoms. The Morgan fingerprint density at radius 2 is 1.68 bits per heavy atom. The third-order valence-corrected chi connectivity index (χ3v) is 9.67. The highest BCUT2D eigenvalue weighted by Crippen LogP contribution is 2.41. The molecule has 44 heavy (non-hydrogen) atoms. The highest BCUT2D eigenvalue weighted by Gasteiger charge is 2.53. The fourth-order valence-electron chi connectivity index (χ4n) is 6.20. The Morgan fingerprint density at radius 1 is 1.05 bits per heavy atom. The number of benzene rings is 1. The first-order valence-corrected chi connectivity index (χ1v) is 16.7. The molecule has 0 saturated heterocycles. The van der Waals surface area contributed by atoms with Gasteiger partial charge in [0.2, 0.25) is 17.7 Å². The van der Waals surface area contributed by atoms with Gasteiger partial charge in [-0.05, 0) is 62.0 Å². The standard InChI is InChI=1S/C31H48N4O8S/c1-18(33-30(41)42)27(38)34-24(16-20-9-13-22(43-2)14-10-20)28(39)35-31(17-44-3,29(32)40)23(15-19-7-5-4-6-8-19)26(37)25(36)21-11-12-21/h9-10,13-14,18-19,21,23-26,33,36-37H,4-8,11-12,15-17H2,1-3H3,(H2,32,40)(H,34,38)(H,35,39)(H,41,42)/p-1. The third kappa shape index (κ3) is 9.48. The molecule has 3 rings (SSSR count). The van der Waals surface area contributed by atoms with Gasteiger partial charge in [0, 0.05) is 18.1 Å².